The normalized spacial score (nSPS) is 14.7. The number of rotatable bonds is 5. The first kappa shape index (κ1) is 14.7. The Morgan fingerprint density at radius 2 is 2.00 bits per heavy atom. The van der Waals surface area contributed by atoms with Crippen LogP contribution in [-0.2, 0) is 0 Å². The predicted molar refractivity (Wildman–Crippen MR) is 65.9 cm³/mol. The summed E-state index contributed by atoms with van der Waals surface area (Å²) in [6.07, 6.45) is -0.853. The third-order valence-electron chi connectivity index (χ3n) is 2.38. The van der Waals surface area contributed by atoms with Gasteiger partial charge in [-0.2, -0.15) is 0 Å². The number of nitrogens with one attached hydrogen (secondary N) is 1. The second-order valence-electron chi connectivity index (χ2n) is 3.75. The van der Waals surface area contributed by atoms with Gasteiger partial charge in [-0.1, -0.05) is 23.2 Å². The molecule has 1 aromatic carbocycles. The van der Waals surface area contributed by atoms with Crippen molar-refractivity contribution in [1.29, 1.82) is 0 Å². The summed E-state index contributed by atoms with van der Waals surface area (Å²) in [7, 11) is 0. The second-order valence-corrected chi connectivity index (χ2v) is 4.57. The summed E-state index contributed by atoms with van der Waals surface area (Å²) in [5.74, 6) is -0.539. The molecular formula is C11H14Cl2FNO2. The Kier molecular flexibility index (Phi) is 5.62. The van der Waals surface area contributed by atoms with E-state index in [0.29, 0.717) is 10.6 Å². The van der Waals surface area contributed by atoms with Crippen molar-refractivity contribution < 1.29 is 14.6 Å². The summed E-state index contributed by atoms with van der Waals surface area (Å²) in [6.45, 7) is 1.64. The van der Waals surface area contributed by atoms with Gasteiger partial charge in [-0.05, 0) is 24.6 Å². The second kappa shape index (κ2) is 6.52. The molecule has 0 aliphatic heterocycles. The molecule has 0 fully saturated rings. The molecule has 6 heteroatoms. The van der Waals surface area contributed by atoms with Gasteiger partial charge in [0.2, 0.25) is 0 Å². The van der Waals surface area contributed by atoms with Crippen LogP contribution in [0.2, 0.25) is 10.0 Å². The van der Waals surface area contributed by atoms with E-state index >= 15 is 0 Å². The van der Waals surface area contributed by atoms with Crippen LogP contribution in [0.15, 0.2) is 12.1 Å². The average molecular weight is 282 g/mol. The van der Waals surface area contributed by atoms with Crippen molar-refractivity contribution in [2.45, 2.75) is 19.1 Å². The molecule has 0 aromatic heterocycles. The number of benzene rings is 1. The highest BCUT2D eigenvalue weighted by Crippen LogP contribution is 2.28. The van der Waals surface area contributed by atoms with Gasteiger partial charge in [-0.15, -0.1) is 0 Å². The van der Waals surface area contributed by atoms with Gasteiger partial charge < -0.3 is 15.5 Å². The quantitative estimate of drug-likeness (QED) is 0.725. The molecule has 1 rings (SSSR count). The molecule has 3 nitrogen and oxygen atoms in total. The minimum absolute atomic E-state index is 0.0265. The molecule has 0 amide bonds. The summed E-state index contributed by atoms with van der Waals surface area (Å²) >= 11 is 11.5. The zero-order valence-electron chi connectivity index (χ0n) is 9.25. The fraction of sp³-hybridized carbons (Fsp3) is 0.455. The minimum atomic E-state index is -0.853. The van der Waals surface area contributed by atoms with Gasteiger partial charge in [0, 0.05) is 17.6 Å². The third-order valence-corrected chi connectivity index (χ3v) is 2.99. The van der Waals surface area contributed by atoms with Crippen molar-refractivity contribution in [1.82, 2.24) is 5.32 Å². The maximum atomic E-state index is 13.3. The molecule has 17 heavy (non-hydrogen) atoms. The van der Waals surface area contributed by atoms with Gasteiger partial charge in [0.15, 0.2) is 0 Å². The summed E-state index contributed by atoms with van der Waals surface area (Å²) in [4.78, 5) is 0. The Hall–Kier alpha value is -0.390. The highest BCUT2D eigenvalue weighted by atomic mass is 35.5. The highest BCUT2D eigenvalue weighted by Gasteiger charge is 2.14. The van der Waals surface area contributed by atoms with Gasteiger partial charge in [0.05, 0.1) is 17.7 Å². The number of hydrogen-bond acceptors (Lipinski definition) is 3. The van der Waals surface area contributed by atoms with Crippen molar-refractivity contribution in [2.24, 2.45) is 0 Å². The van der Waals surface area contributed by atoms with E-state index < -0.39 is 11.9 Å². The fourth-order valence-electron chi connectivity index (χ4n) is 1.36. The molecule has 0 spiro atoms. The Morgan fingerprint density at radius 1 is 1.35 bits per heavy atom. The van der Waals surface area contributed by atoms with Crippen LogP contribution < -0.4 is 5.32 Å². The van der Waals surface area contributed by atoms with Crippen LogP contribution in [0.3, 0.4) is 0 Å². The molecule has 1 aromatic rings. The molecule has 0 heterocycles. The first-order chi connectivity index (χ1) is 7.95. The molecule has 0 aliphatic rings. The Morgan fingerprint density at radius 3 is 2.59 bits per heavy atom. The van der Waals surface area contributed by atoms with Crippen LogP contribution in [0.4, 0.5) is 4.39 Å². The van der Waals surface area contributed by atoms with Crippen molar-refractivity contribution in [3.63, 3.8) is 0 Å². The Bertz CT molecular complexity index is 390. The Balaban J connectivity index is 2.75. The van der Waals surface area contributed by atoms with Gasteiger partial charge in [0.1, 0.15) is 5.82 Å². The molecule has 0 saturated heterocycles. The molecule has 0 unspecified atom stereocenters. The van der Waals surface area contributed by atoms with Crippen LogP contribution in [0, 0.1) is 5.82 Å². The van der Waals surface area contributed by atoms with Crippen molar-refractivity contribution >= 4 is 23.2 Å². The lowest BCUT2D eigenvalue weighted by atomic mass is 10.1. The molecule has 3 N–H and O–H groups in total. The summed E-state index contributed by atoms with van der Waals surface area (Å²) in [6, 6.07) is 2.35. The van der Waals surface area contributed by atoms with Gasteiger partial charge in [-0.25, -0.2) is 4.39 Å². The minimum Gasteiger partial charge on any atom is -0.394 e. The molecule has 0 saturated carbocycles. The zero-order chi connectivity index (χ0) is 13.0. The number of aliphatic hydroxyl groups is 2. The van der Waals surface area contributed by atoms with Crippen LogP contribution in [0.5, 0.6) is 0 Å². The fourth-order valence-corrected chi connectivity index (χ4v) is 1.90. The van der Waals surface area contributed by atoms with Crippen molar-refractivity contribution in [3.05, 3.63) is 33.6 Å². The molecular weight excluding hydrogens is 268 g/mol. The molecule has 0 radical (unpaired) electrons. The topological polar surface area (TPSA) is 52.5 Å². The van der Waals surface area contributed by atoms with Crippen LogP contribution in [-0.4, -0.2) is 29.5 Å². The monoisotopic (exact) mass is 281 g/mol. The SMILES string of the molecule is C[C@H](NC[C@H](O)CO)c1cc(F)c(Cl)cc1Cl. The first-order valence-electron chi connectivity index (χ1n) is 5.12. The van der Waals surface area contributed by atoms with Gasteiger partial charge >= 0.3 is 0 Å². The van der Waals surface area contributed by atoms with E-state index in [-0.39, 0.29) is 24.2 Å². The third kappa shape index (κ3) is 4.08. The summed E-state index contributed by atoms with van der Waals surface area (Å²) < 4.78 is 13.3. The molecule has 0 bridgehead atoms. The maximum Gasteiger partial charge on any atom is 0.142 e. The summed E-state index contributed by atoms with van der Waals surface area (Å²) in [5, 5.41) is 21.1. The lowest BCUT2D eigenvalue weighted by molar-refractivity contribution is 0.0924. The smallest absolute Gasteiger partial charge is 0.142 e. The predicted octanol–water partition coefficient (Wildman–Crippen LogP) is 2.14. The van der Waals surface area contributed by atoms with E-state index in [0.717, 1.165) is 0 Å². The lowest BCUT2D eigenvalue weighted by Gasteiger charge is -2.18. The maximum absolute atomic E-state index is 13.3. The van der Waals surface area contributed by atoms with E-state index in [1.165, 1.54) is 12.1 Å². The van der Waals surface area contributed by atoms with Crippen molar-refractivity contribution in [2.75, 3.05) is 13.2 Å². The largest absolute Gasteiger partial charge is 0.394 e. The van der Waals surface area contributed by atoms with Gasteiger partial charge in [0.25, 0.3) is 0 Å². The van der Waals surface area contributed by atoms with E-state index in [2.05, 4.69) is 5.32 Å². The zero-order valence-corrected chi connectivity index (χ0v) is 10.8. The number of hydrogen-bond donors (Lipinski definition) is 3. The standard InChI is InChI=1S/C11H14Cl2FNO2/c1-6(15-4-7(17)5-16)8-2-11(14)10(13)3-9(8)12/h2-3,6-7,15-17H,4-5H2,1H3/t6-,7-/m0/s1. The molecule has 0 aliphatic carbocycles. The average Bonchev–Trinajstić information content (AvgIpc) is 2.30. The van der Waals surface area contributed by atoms with Crippen LogP contribution in [0.1, 0.15) is 18.5 Å². The van der Waals surface area contributed by atoms with E-state index in [4.69, 9.17) is 28.3 Å². The molecule has 96 valence electrons. The van der Waals surface area contributed by atoms with Crippen LogP contribution >= 0.6 is 23.2 Å². The highest BCUT2D eigenvalue weighted by molar-refractivity contribution is 6.35. The van der Waals surface area contributed by atoms with Crippen LogP contribution in [0.25, 0.3) is 0 Å². The van der Waals surface area contributed by atoms with Crippen molar-refractivity contribution in [3.8, 4) is 0 Å². The van der Waals surface area contributed by atoms with E-state index in [9.17, 15) is 9.50 Å². The molecule has 2 atom stereocenters. The first-order valence-corrected chi connectivity index (χ1v) is 5.88. The Labute approximate surface area is 109 Å². The van der Waals surface area contributed by atoms with Gasteiger partial charge in [-0.3, -0.25) is 0 Å². The lowest BCUT2D eigenvalue weighted by Crippen LogP contribution is -2.31. The number of halogens is 3. The van der Waals surface area contributed by atoms with E-state index in [1.807, 2.05) is 0 Å². The van der Waals surface area contributed by atoms with E-state index in [1.54, 1.807) is 6.92 Å². The number of aliphatic hydroxyl groups excluding tert-OH is 2. The summed E-state index contributed by atoms with van der Waals surface area (Å²) in [5.41, 5.74) is 0.554.